The second kappa shape index (κ2) is 3.41. The smallest absolute Gasteiger partial charge is 0.227 e. The van der Waals surface area contributed by atoms with E-state index in [1.165, 1.54) is 28.8 Å². The third-order valence-corrected chi connectivity index (χ3v) is 5.52. The molecule has 1 aliphatic carbocycles. The Kier molecular flexibility index (Phi) is 2.07. The van der Waals surface area contributed by atoms with Crippen LogP contribution in [-0.2, 0) is 11.2 Å². The monoisotopic (exact) mass is 255 g/mol. The lowest BCUT2D eigenvalue weighted by atomic mass is 9.51. The van der Waals surface area contributed by atoms with Gasteiger partial charge in [-0.15, -0.1) is 0 Å². The maximum atomic E-state index is 12.5. The molecule has 1 amide bonds. The molecule has 2 heteroatoms. The van der Waals surface area contributed by atoms with Crippen LogP contribution in [0.3, 0.4) is 0 Å². The summed E-state index contributed by atoms with van der Waals surface area (Å²) < 4.78 is 0. The van der Waals surface area contributed by atoms with Gasteiger partial charge in [0.2, 0.25) is 5.91 Å². The number of carbonyl (C=O) groups excluding carboxylic acids is 1. The SMILES string of the molecule is Cc1cc(C)c2c(c1)C[C@]1(C)C[C@@H]3CCC(=O)N2[C@@H]31. The second-order valence-electron chi connectivity index (χ2n) is 7.13. The van der Waals surface area contributed by atoms with E-state index in [0.717, 1.165) is 25.2 Å². The van der Waals surface area contributed by atoms with Gasteiger partial charge >= 0.3 is 0 Å². The lowest BCUT2D eigenvalue weighted by molar-refractivity contribution is -0.127. The number of rotatable bonds is 0. The van der Waals surface area contributed by atoms with E-state index in [9.17, 15) is 4.79 Å². The fraction of sp³-hybridized carbons (Fsp3) is 0.588. The molecular weight excluding hydrogens is 234 g/mol. The van der Waals surface area contributed by atoms with Crippen molar-refractivity contribution in [3.8, 4) is 0 Å². The molecule has 2 aliphatic heterocycles. The Morgan fingerprint density at radius 1 is 1.32 bits per heavy atom. The molecule has 1 saturated carbocycles. The van der Waals surface area contributed by atoms with Crippen molar-refractivity contribution in [1.82, 2.24) is 0 Å². The Morgan fingerprint density at radius 3 is 2.89 bits per heavy atom. The van der Waals surface area contributed by atoms with Crippen LogP contribution >= 0.6 is 0 Å². The Labute approximate surface area is 114 Å². The quantitative estimate of drug-likeness (QED) is 0.696. The summed E-state index contributed by atoms with van der Waals surface area (Å²) in [5.74, 6) is 1.09. The van der Waals surface area contributed by atoms with E-state index in [0.29, 0.717) is 17.4 Å². The van der Waals surface area contributed by atoms with Crippen molar-refractivity contribution in [3.05, 3.63) is 28.8 Å². The lowest BCUT2D eigenvalue weighted by Gasteiger charge is -2.63. The summed E-state index contributed by atoms with van der Waals surface area (Å²) in [6.07, 6.45) is 4.30. The first-order valence-electron chi connectivity index (χ1n) is 7.42. The molecule has 1 saturated heterocycles. The molecule has 2 fully saturated rings. The Balaban J connectivity index is 1.93. The van der Waals surface area contributed by atoms with Crippen LogP contribution < -0.4 is 4.90 Å². The third kappa shape index (κ3) is 1.35. The van der Waals surface area contributed by atoms with E-state index < -0.39 is 0 Å². The number of amides is 1. The largest absolute Gasteiger partial charge is 0.308 e. The Morgan fingerprint density at radius 2 is 2.11 bits per heavy atom. The first-order chi connectivity index (χ1) is 8.99. The standard InChI is InChI=1S/C17H21NO/c1-10-6-11(2)15-13(7-10)9-17(3)8-12-4-5-14(19)18(15)16(12)17/h6-7,12,16H,4-5,8-9H2,1-3H3/t12-,16-,17-/m0/s1. The minimum atomic E-state index is 0.327. The average Bonchev–Trinajstić information content (AvgIpc) is 2.29. The van der Waals surface area contributed by atoms with Crippen molar-refractivity contribution in [2.24, 2.45) is 11.3 Å². The van der Waals surface area contributed by atoms with Crippen molar-refractivity contribution in [3.63, 3.8) is 0 Å². The molecule has 0 bridgehead atoms. The predicted octanol–water partition coefficient (Wildman–Crippen LogP) is 3.38. The number of fused-ring (bicyclic) bond motifs is 2. The van der Waals surface area contributed by atoms with Crippen molar-refractivity contribution >= 4 is 11.6 Å². The number of hydrogen-bond acceptors (Lipinski definition) is 1. The first-order valence-corrected chi connectivity index (χ1v) is 7.42. The summed E-state index contributed by atoms with van der Waals surface area (Å²) in [7, 11) is 0. The van der Waals surface area contributed by atoms with Crippen molar-refractivity contribution in [1.29, 1.82) is 0 Å². The minimum absolute atomic E-state index is 0.327. The summed E-state index contributed by atoms with van der Waals surface area (Å²) in [5.41, 5.74) is 5.55. The highest BCUT2D eigenvalue weighted by molar-refractivity contribution is 5.97. The highest BCUT2D eigenvalue weighted by atomic mass is 16.2. The Bertz CT molecular complexity index is 591. The van der Waals surface area contributed by atoms with Gasteiger partial charge in [-0.3, -0.25) is 4.79 Å². The molecule has 3 aliphatic rings. The predicted molar refractivity (Wildman–Crippen MR) is 76.3 cm³/mol. The van der Waals surface area contributed by atoms with Crippen molar-refractivity contribution < 1.29 is 4.79 Å². The number of benzene rings is 1. The molecule has 0 aromatic heterocycles. The van der Waals surface area contributed by atoms with Crippen molar-refractivity contribution in [2.45, 2.75) is 52.5 Å². The Hall–Kier alpha value is -1.31. The van der Waals surface area contributed by atoms with Crippen LogP contribution in [0.25, 0.3) is 0 Å². The average molecular weight is 255 g/mol. The first kappa shape index (κ1) is 11.5. The van der Waals surface area contributed by atoms with Crippen LogP contribution in [0, 0.1) is 25.2 Å². The topological polar surface area (TPSA) is 20.3 Å². The number of piperidine rings is 1. The van der Waals surface area contributed by atoms with E-state index in [2.05, 4.69) is 37.8 Å². The van der Waals surface area contributed by atoms with Crippen LogP contribution in [0.5, 0.6) is 0 Å². The van der Waals surface area contributed by atoms with Crippen LogP contribution in [0.1, 0.15) is 42.9 Å². The number of carbonyl (C=O) groups is 1. The van der Waals surface area contributed by atoms with Gasteiger partial charge < -0.3 is 4.90 Å². The molecule has 4 rings (SSSR count). The second-order valence-corrected chi connectivity index (χ2v) is 7.13. The number of aryl methyl sites for hydroxylation is 2. The van der Waals surface area contributed by atoms with Gasteiger partial charge in [-0.05, 0) is 55.6 Å². The third-order valence-electron chi connectivity index (χ3n) is 5.52. The summed E-state index contributed by atoms with van der Waals surface area (Å²) >= 11 is 0. The highest BCUT2D eigenvalue weighted by Crippen LogP contribution is 2.59. The summed E-state index contributed by atoms with van der Waals surface area (Å²) in [5, 5.41) is 0. The number of nitrogens with zero attached hydrogens (tertiary/aromatic N) is 1. The highest BCUT2D eigenvalue weighted by Gasteiger charge is 2.59. The zero-order chi connectivity index (χ0) is 13.4. The molecule has 3 atom stereocenters. The van der Waals surface area contributed by atoms with E-state index in [1.54, 1.807) is 0 Å². The number of anilines is 1. The molecule has 1 aromatic carbocycles. The van der Waals surface area contributed by atoms with Gasteiger partial charge in [0.05, 0.1) is 5.69 Å². The van der Waals surface area contributed by atoms with Crippen LogP contribution in [0.4, 0.5) is 5.69 Å². The van der Waals surface area contributed by atoms with Crippen LogP contribution in [0.15, 0.2) is 12.1 Å². The van der Waals surface area contributed by atoms with E-state index in [1.807, 2.05) is 0 Å². The molecule has 0 radical (unpaired) electrons. The van der Waals surface area contributed by atoms with Gasteiger partial charge in [-0.2, -0.15) is 0 Å². The van der Waals surface area contributed by atoms with Gasteiger partial charge in [0.15, 0.2) is 0 Å². The zero-order valence-corrected chi connectivity index (χ0v) is 12.0. The van der Waals surface area contributed by atoms with Crippen LogP contribution in [0.2, 0.25) is 0 Å². The molecule has 1 aromatic rings. The fourth-order valence-electron chi connectivity index (χ4n) is 5.01. The molecule has 2 nitrogen and oxygen atoms in total. The molecular formula is C17H21NO. The van der Waals surface area contributed by atoms with Gasteiger partial charge in [0.1, 0.15) is 0 Å². The number of hydrogen-bond donors (Lipinski definition) is 0. The zero-order valence-electron chi connectivity index (χ0n) is 12.0. The molecule has 19 heavy (non-hydrogen) atoms. The maximum absolute atomic E-state index is 12.5. The van der Waals surface area contributed by atoms with Crippen molar-refractivity contribution in [2.75, 3.05) is 4.90 Å². The fourth-order valence-corrected chi connectivity index (χ4v) is 5.01. The molecule has 100 valence electrons. The normalized spacial score (nSPS) is 35.5. The van der Waals surface area contributed by atoms with Gasteiger partial charge in [0.25, 0.3) is 0 Å². The van der Waals surface area contributed by atoms with Gasteiger partial charge in [-0.1, -0.05) is 24.6 Å². The van der Waals surface area contributed by atoms with E-state index >= 15 is 0 Å². The van der Waals surface area contributed by atoms with Gasteiger partial charge in [0, 0.05) is 12.5 Å². The van der Waals surface area contributed by atoms with E-state index in [4.69, 9.17) is 0 Å². The van der Waals surface area contributed by atoms with Gasteiger partial charge in [-0.25, -0.2) is 0 Å². The summed E-state index contributed by atoms with van der Waals surface area (Å²) in [4.78, 5) is 14.6. The molecule has 0 N–H and O–H groups in total. The maximum Gasteiger partial charge on any atom is 0.227 e. The molecule has 0 unspecified atom stereocenters. The summed E-state index contributed by atoms with van der Waals surface area (Å²) in [6.45, 7) is 6.69. The summed E-state index contributed by atoms with van der Waals surface area (Å²) in [6, 6.07) is 4.98. The molecule has 0 spiro atoms. The van der Waals surface area contributed by atoms with Crippen LogP contribution in [-0.4, -0.2) is 11.9 Å². The molecule has 2 heterocycles. The van der Waals surface area contributed by atoms with E-state index in [-0.39, 0.29) is 0 Å². The minimum Gasteiger partial charge on any atom is -0.308 e. The lowest BCUT2D eigenvalue weighted by Crippen LogP contribution is -2.67.